The number of carbonyl (C=O) groups excluding carboxylic acids is 1. The molecule has 1 saturated heterocycles. The van der Waals surface area contributed by atoms with Gasteiger partial charge < -0.3 is 10.0 Å². The highest BCUT2D eigenvalue weighted by molar-refractivity contribution is 6.30. The number of H-pyrrole nitrogens is 1. The Balaban J connectivity index is 0.000000755. The molecule has 0 radical (unpaired) electrons. The number of amides is 1. The number of carbonyl (C=O) groups is 1. The van der Waals surface area contributed by atoms with Crippen LogP contribution in [0, 0.1) is 5.82 Å². The molecule has 7 nitrogen and oxygen atoms in total. The lowest BCUT2D eigenvalue weighted by Gasteiger charge is -2.15. The van der Waals surface area contributed by atoms with Crippen molar-refractivity contribution in [1.29, 1.82) is 0 Å². The van der Waals surface area contributed by atoms with Crippen LogP contribution in [0.25, 0.3) is 11.3 Å². The second-order valence-electron chi connectivity index (χ2n) is 6.36. The van der Waals surface area contributed by atoms with Gasteiger partial charge in [0, 0.05) is 29.6 Å². The van der Waals surface area contributed by atoms with Gasteiger partial charge >= 0.3 is 0 Å². The summed E-state index contributed by atoms with van der Waals surface area (Å²) in [5, 5.41) is 21.8. The highest BCUT2D eigenvalue weighted by Gasteiger charge is 2.31. The van der Waals surface area contributed by atoms with Gasteiger partial charge in [0.1, 0.15) is 5.69 Å². The Labute approximate surface area is 171 Å². The lowest BCUT2D eigenvalue weighted by Crippen LogP contribution is -2.29. The summed E-state index contributed by atoms with van der Waals surface area (Å²) < 4.78 is 14.7. The van der Waals surface area contributed by atoms with Crippen LogP contribution < -0.4 is 0 Å². The largest absolute Gasteiger partial charge is 0.516 e. The van der Waals surface area contributed by atoms with E-state index in [-0.39, 0.29) is 23.2 Å². The first-order chi connectivity index (χ1) is 14.0. The first-order valence-electron chi connectivity index (χ1n) is 8.86. The fourth-order valence-electron chi connectivity index (χ4n) is 3.20. The number of hydrogen-bond acceptors (Lipinski definition) is 5. The molecular formula is C20H19ClFN5O2. The van der Waals surface area contributed by atoms with Crippen molar-refractivity contribution in [2.45, 2.75) is 12.3 Å². The van der Waals surface area contributed by atoms with Crippen LogP contribution in [0.5, 0.6) is 0 Å². The van der Waals surface area contributed by atoms with Gasteiger partial charge in [-0.2, -0.15) is 15.3 Å². The fourth-order valence-corrected chi connectivity index (χ4v) is 3.33. The van der Waals surface area contributed by atoms with Gasteiger partial charge in [-0.3, -0.25) is 9.89 Å². The summed E-state index contributed by atoms with van der Waals surface area (Å²) in [6, 6.07) is 9.20. The minimum absolute atomic E-state index is 0.0664. The van der Waals surface area contributed by atoms with Gasteiger partial charge in [0.25, 0.3) is 5.91 Å². The first kappa shape index (κ1) is 20.5. The monoisotopic (exact) mass is 415 g/mol. The third-order valence-corrected chi connectivity index (χ3v) is 4.85. The number of hydrogen-bond donors (Lipinski definition) is 2. The number of aromatic nitrogens is 4. The van der Waals surface area contributed by atoms with Crippen molar-refractivity contribution >= 4 is 17.5 Å². The van der Waals surface area contributed by atoms with E-state index in [1.807, 2.05) is 24.3 Å². The highest BCUT2D eigenvalue weighted by Crippen LogP contribution is 2.30. The Morgan fingerprint density at radius 2 is 2.03 bits per heavy atom. The molecular weight excluding hydrogens is 397 g/mol. The third kappa shape index (κ3) is 4.60. The summed E-state index contributed by atoms with van der Waals surface area (Å²) in [4.78, 5) is 14.4. The highest BCUT2D eigenvalue weighted by atomic mass is 35.5. The van der Waals surface area contributed by atoms with Crippen molar-refractivity contribution in [3.8, 4) is 11.3 Å². The van der Waals surface area contributed by atoms with E-state index in [1.165, 1.54) is 12.4 Å². The quantitative estimate of drug-likeness (QED) is 0.631. The zero-order chi connectivity index (χ0) is 20.8. The van der Waals surface area contributed by atoms with Crippen molar-refractivity contribution in [3.05, 3.63) is 77.7 Å². The number of aliphatic hydroxyl groups excluding tert-OH is 1. The molecule has 2 aromatic heterocycles. The molecule has 0 spiro atoms. The van der Waals surface area contributed by atoms with Gasteiger partial charge in [-0.15, -0.1) is 0 Å². The van der Waals surface area contributed by atoms with Crippen molar-refractivity contribution in [1.82, 2.24) is 25.3 Å². The summed E-state index contributed by atoms with van der Waals surface area (Å²) in [6.07, 6.45) is 4.42. The number of nitrogens with zero attached hydrogens (tertiary/aromatic N) is 4. The van der Waals surface area contributed by atoms with E-state index in [9.17, 15) is 9.18 Å². The second-order valence-corrected chi connectivity index (χ2v) is 6.80. The van der Waals surface area contributed by atoms with E-state index >= 15 is 0 Å². The standard InChI is InChI=1S/C18H15ClFN5O.C2H4O/c19-14-3-1-11(2-4-14)13-6-8-25(10-13)18(26)17-15(20)16(23-24-17)12-5-7-21-22-9-12;1-2-3/h1-5,7,9,13H,6,8,10H2,(H,23,24);2-3H,1H2. The van der Waals surface area contributed by atoms with Crippen molar-refractivity contribution < 1.29 is 14.3 Å². The topological polar surface area (TPSA) is 95.0 Å². The maximum atomic E-state index is 14.7. The number of aliphatic hydroxyl groups is 1. The smallest absolute Gasteiger partial charge is 0.274 e. The van der Waals surface area contributed by atoms with Gasteiger partial charge in [-0.25, -0.2) is 4.39 Å². The van der Waals surface area contributed by atoms with Gasteiger partial charge in [0.05, 0.1) is 18.7 Å². The molecule has 0 saturated carbocycles. The Hall–Kier alpha value is -3.26. The van der Waals surface area contributed by atoms with E-state index in [0.717, 1.165) is 18.2 Å². The number of likely N-dealkylation sites (tertiary alicyclic amines) is 1. The molecule has 9 heteroatoms. The summed E-state index contributed by atoms with van der Waals surface area (Å²) >= 11 is 5.92. The van der Waals surface area contributed by atoms with Crippen LogP contribution in [0.15, 0.2) is 55.6 Å². The zero-order valence-corrected chi connectivity index (χ0v) is 16.2. The van der Waals surface area contributed by atoms with Crippen molar-refractivity contribution in [3.63, 3.8) is 0 Å². The summed E-state index contributed by atoms with van der Waals surface area (Å²) in [6.45, 7) is 4.02. The molecule has 0 aliphatic carbocycles. The van der Waals surface area contributed by atoms with E-state index in [4.69, 9.17) is 16.7 Å². The van der Waals surface area contributed by atoms with Crippen molar-refractivity contribution in [2.75, 3.05) is 13.1 Å². The molecule has 1 aliphatic heterocycles. The van der Waals surface area contributed by atoms with Crippen LogP contribution in [-0.2, 0) is 0 Å². The Morgan fingerprint density at radius 1 is 1.31 bits per heavy atom. The molecule has 150 valence electrons. The molecule has 1 unspecified atom stereocenters. The summed E-state index contributed by atoms with van der Waals surface area (Å²) in [5.41, 5.74) is 1.52. The zero-order valence-electron chi connectivity index (χ0n) is 15.4. The van der Waals surface area contributed by atoms with Crippen LogP contribution in [0.4, 0.5) is 4.39 Å². The van der Waals surface area contributed by atoms with Crippen LogP contribution in [0.1, 0.15) is 28.4 Å². The molecule has 1 aliphatic rings. The third-order valence-electron chi connectivity index (χ3n) is 4.60. The average molecular weight is 416 g/mol. The minimum atomic E-state index is -0.669. The summed E-state index contributed by atoms with van der Waals surface area (Å²) in [5.74, 6) is -0.844. The molecule has 1 fully saturated rings. The average Bonchev–Trinajstić information content (AvgIpc) is 3.37. The van der Waals surface area contributed by atoms with Gasteiger partial charge in [-0.05, 0) is 30.2 Å². The maximum Gasteiger partial charge on any atom is 0.274 e. The van der Waals surface area contributed by atoms with E-state index in [2.05, 4.69) is 27.0 Å². The van der Waals surface area contributed by atoms with Crippen LogP contribution >= 0.6 is 11.6 Å². The lowest BCUT2D eigenvalue weighted by atomic mass is 9.99. The number of benzene rings is 1. The SMILES string of the molecule is C=CO.O=C(c1[nH]nc(-c2ccnnc2)c1F)N1CCC(c2ccc(Cl)cc2)C1. The van der Waals surface area contributed by atoms with Crippen LogP contribution in [0.3, 0.4) is 0 Å². The Kier molecular flexibility index (Phi) is 6.56. The van der Waals surface area contributed by atoms with E-state index in [0.29, 0.717) is 23.7 Å². The molecule has 2 N–H and O–H groups in total. The fraction of sp³-hybridized carbons (Fsp3) is 0.200. The molecule has 1 aromatic carbocycles. The lowest BCUT2D eigenvalue weighted by molar-refractivity contribution is 0.0780. The van der Waals surface area contributed by atoms with E-state index in [1.54, 1.807) is 11.0 Å². The van der Waals surface area contributed by atoms with E-state index < -0.39 is 5.82 Å². The molecule has 4 rings (SSSR count). The normalized spacial score (nSPS) is 15.5. The second kappa shape index (κ2) is 9.29. The Morgan fingerprint density at radius 3 is 2.69 bits per heavy atom. The summed E-state index contributed by atoms with van der Waals surface area (Å²) in [7, 11) is 0. The predicted molar refractivity (Wildman–Crippen MR) is 107 cm³/mol. The van der Waals surface area contributed by atoms with Crippen molar-refractivity contribution in [2.24, 2.45) is 0 Å². The molecule has 3 aromatic rings. The van der Waals surface area contributed by atoms with Gasteiger partial charge in [0.15, 0.2) is 11.5 Å². The van der Waals surface area contributed by atoms with Gasteiger partial charge in [-0.1, -0.05) is 30.3 Å². The van der Waals surface area contributed by atoms with Crippen LogP contribution in [0.2, 0.25) is 5.02 Å². The Bertz CT molecular complexity index is 978. The molecule has 29 heavy (non-hydrogen) atoms. The molecule has 1 atom stereocenters. The predicted octanol–water partition coefficient (Wildman–Crippen LogP) is 3.98. The first-order valence-corrected chi connectivity index (χ1v) is 9.23. The van der Waals surface area contributed by atoms with Gasteiger partial charge in [0.2, 0.25) is 0 Å². The molecule has 0 bridgehead atoms. The molecule has 1 amide bonds. The van der Waals surface area contributed by atoms with Crippen LogP contribution in [-0.4, -0.2) is 49.4 Å². The number of aromatic amines is 1. The molecule has 3 heterocycles. The minimum Gasteiger partial charge on any atom is -0.516 e. The number of rotatable bonds is 3. The number of halogens is 2. The number of nitrogens with one attached hydrogen (secondary N) is 1. The maximum absolute atomic E-state index is 14.7.